The molecule has 2 heterocycles. The molecule has 0 radical (unpaired) electrons. The number of H-pyrrole nitrogens is 1. The molecule has 3 N–H and O–H groups in total. The lowest BCUT2D eigenvalue weighted by Gasteiger charge is -2.44. The Morgan fingerprint density at radius 3 is 2.64 bits per heavy atom. The van der Waals surface area contributed by atoms with Crippen LogP contribution < -0.4 is 11.2 Å². The second-order valence-corrected chi connectivity index (χ2v) is 5.67. The number of aliphatic hydroxyl groups excluding tert-OH is 2. The van der Waals surface area contributed by atoms with Gasteiger partial charge in [0, 0.05) is 13.3 Å². The molecule has 1 saturated heterocycles. The van der Waals surface area contributed by atoms with Gasteiger partial charge in [-0.1, -0.05) is 0 Å². The van der Waals surface area contributed by atoms with Crippen LogP contribution in [0.2, 0.25) is 0 Å². The molecule has 4 atom stereocenters. The maximum absolute atomic E-state index is 13.6. The lowest BCUT2D eigenvalue weighted by Crippen LogP contribution is -2.62. The molecular formula is C14H17FN2O8. The Labute approximate surface area is 139 Å². The van der Waals surface area contributed by atoms with E-state index in [0.29, 0.717) is 10.8 Å². The number of Topliss-reactive ketones (excluding diaryl/α,β-unsaturated/α-hetero) is 1. The topological polar surface area (TPSA) is 148 Å². The summed E-state index contributed by atoms with van der Waals surface area (Å²) in [5, 5.41) is 20.1. The monoisotopic (exact) mass is 360 g/mol. The normalized spacial score (nSPS) is 29.2. The predicted octanol–water partition coefficient (Wildman–Crippen LogP) is -2.01. The largest absolute Gasteiger partial charge is 0.463 e. The molecule has 0 saturated carbocycles. The lowest BCUT2D eigenvalue weighted by atomic mass is 9.91. The molecule has 0 bridgehead atoms. The number of aromatic nitrogens is 2. The SMILES string of the molecule is CC(=O)OC[C@H]1O[C@@](C(C)=O)(n2cc(F)c(=O)[nH]c2=O)C[C@@H](O)[C@H]1O. The fraction of sp³-hybridized carbons (Fsp3) is 0.571. The van der Waals surface area contributed by atoms with Gasteiger partial charge < -0.3 is 19.7 Å². The fourth-order valence-electron chi connectivity index (χ4n) is 2.62. The molecule has 0 spiro atoms. The molecular weight excluding hydrogens is 343 g/mol. The quantitative estimate of drug-likeness (QED) is 0.522. The minimum absolute atomic E-state index is 0.482. The third kappa shape index (κ3) is 3.52. The number of carbonyl (C=O) groups is 2. The van der Waals surface area contributed by atoms with Gasteiger partial charge in [0.05, 0.1) is 12.3 Å². The van der Waals surface area contributed by atoms with Gasteiger partial charge in [0.1, 0.15) is 18.8 Å². The van der Waals surface area contributed by atoms with E-state index in [-0.39, 0.29) is 0 Å². The zero-order valence-electron chi connectivity index (χ0n) is 13.4. The highest BCUT2D eigenvalue weighted by Crippen LogP contribution is 2.34. The number of esters is 1. The molecule has 1 aliphatic heterocycles. The molecule has 10 nitrogen and oxygen atoms in total. The first-order valence-corrected chi connectivity index (χ1v) is 7.29. The Balaban J connectivity index is 2.53. The van der Waals surface area contributed by atoms with E-state index in [1.807, 2.05) is 0 Å². The van der Waals surface area contributed by atoms with E-state index in [2.05, 4.69) is 0 Å². The molecule has 1 aromatic rings. The van der Waals surface area contributed by atoms with Gasteiger partial charge in [0.2, 0.25) is 11.5 Å². The zero-order chi connectivity index (χ0) is 18.9. The third-order valence-corrected chi connectivity index (χ3v) is 3.90. The van der Waals surface area contributed by atoms with E-state index in [1.54, 1.807) is 4.98 Å². The number of hydrogen-bond acceptors (Lipinski definition) is 8. The number of rotatable bonds is 4. The Morgan fingerprint density at radius 1 is 1.44 bits per heavy atom. The summed E-state index contributed by atoms with van der Waals surface area (Å²) in [7, 11) is 0. The van der Waals surface area contributed by atoms with Crippen LogP contribution in [0.25, 0.3) is 0 Å². The Bertz CT molecular complexity index is 803. The summed E-state index contributed by atoms with van der Waals surface area (Å²) in [6.07, 6.45) is -4.52. The van der Waals surface area contributed by atoms with Crippen molar-refractivity contribution in [2.75, 3.05) is 6.61 Å². The molecule has 0 unspecified atom stereocenters. The first kappa shape index (κ1) is 19.0. The first-order valence-electron chi connectivity index (χ1n) is 7.29. The van der Waals surface area contributed by atoms with Crippen molar-refractivity contribution in [1.82, 2.24) is 9.55 Å². The molecule has 1 fully saturated rings. The van der Waals surface area contributed by atoms with Crippen LogP contribution >= 0.6 is 0 Å². The summed E-state index contributed by atoms with van der Waals surface area (Å²) in [4.78, 5) is 48.1. The van der Waals surface area contributed by atoms with Gasteiger partial charge >= 0.3 is 11.7 Å². The van der Waals surface area contributed by atoms with Crippen LogP contribution in [0.15, 0.2) is 15.8 Å². The van der Waals surface area contributed by atoms with Crippen LogP contribution in [0.4, 0.5) is 4.39 Å². The van der Waals surface area contributed by atoms with Crippen molar-refractivity contribution in [3.8, 4) is 0 Å². The zero-order valence-corrected chi connectivity index (χ0v) is 13.4. The van der Waals surface area contributed by atoms with Crippen LogP contribution in [-0.4, -0.2) is 56.4 Å². The number of aliphatic hydroxyl groups is 2. The number of carbonyl (C=O) groups excluding carboxylic acids is 2. The van der Waals surface area contributed by atoms with Gasteiger partial charge in [-0.15, -0.1) is 0 Å². The van der Waals surface area contributed by atoms with E-state index in [4.69, 9.17) is 9.47 Å². The maximum Gasteiger partial charge on any atom is 0.331 e. The standard InChI is InChI=1S/C14H17FN2O8/c1-6(18)14(17-4-8(15)12(22)16-13(17)23)3-9(20)11(21)10(25-14)5-24-7(2)19/h4,9-11,20-21H,3,5H2,1-2H3,(H,16,22,23)/t9-,10-,11-,14+/m1/s1. The molecule has 0 aliphatic carbocycles. The summed E-state index contributed by atoms with van der Waals surface area (Å²) in [5.41, 5.74) is -4.62. The van der Waals surface area contributed by atoms with Crippen LogP contribution in [0.3, 0.4) is 0 Å². The summed E-state index contributed by atoms with van der Waals surface area (Å²) >= 11 is 0. The van der Waals surface area contributed by atoms with Crippen molar-refractivity contribution in [2.45, 2.75) is 44.3 Å². The summed E-state index contributed by atoms with van der Waals surface area (Å²) in [6.45, 7) is 1.62. The summed E-state index contributed by atoms with van der Waals surface area (Å²) < 4.78 is 24.3. The Kier molecular flexibility index (Phi) is 5.20. The molecule has 11 heteroatoms. The Hall–Kier alpha value is -2.37. The van der Waals surface area contributed by atoms with Gasteiger partial charge in [-0.2, -0.15) is 4.39 Å². The van der Waals surface area contributed by atoms with Crippen LogP contribution in [0.5, 0.6) is 0 Å². The molecule has 0 amide bonds. The second-order valence-electron chi connectivity index (χ2n) is 5.67. The van der Waals surface area contributed by atoms with Gasteiger partial charge in [-0.3, -0.25) is 23.9 Å². The maximum atomic E-state index is 13.6. The number of halogens is 1. The summed E-state index contributed by atoms with van der Waals surface area (Å²) in [5.74, 6) is -2.84. The van der Waals surface area contributed by atoms with Gasteiger partial charge in [0.25, 0.3) is 5.56 Å². The molecule has 2 rings (SSSR count). The number of ketones is 1. The fourth-order valence-corrected chi connectivity index (χ4v) is 2.62. The van der Waals surface area contributed by atoms with Crippen molar-refractivity contribution in [3.63, 3.8) is 0 Å². The van der Waals surface area contributed by atoms with Crippen molar-refractivity contribution < 1.29 is 33.7 Å². The van der Waals surface area contributed by atoms with Gasteiger partial charge in [-0.05, 0) is 6.92 Å². The molecule has 0 aromatic carbocycles. The average molecular weight is 360 g/mol. The average Bonchev–Trinajstić information content (AvgIpc) is 2.52. The van der Waals surface area contributed by atoms with Crippen molar-refractivity contribution >= 4 is 11.8 Å². The molecule has 1 aliphatic rings. The van der Waals surface area contributed by atoms with Crippen LogP contribution in [-0.2, 0) is 24.8 Å². The van der Waals surface area contributed by atoms with E-state index in [1.165, 1.54) is 0 Å². The number of aromatic amines is 1. The highest BCUT2D eigenvalue weighted by atomic mass is 19.1. The van der Waals surface area contributed by atoms with Gasteiger partial charge in [0.15, 0.2) is 5.78 Å². The number of hydrogen-bond donors (Lipinski definition) is 3. The highest BCUT2D eigenvalue weighted by molar-refractivity contribution is 5.83. The van der Waals surface area contributed by atoms with Crippen LogP contribution in [0.1, 0.15) is 20.3 Å². The number of ether oxygens (including phenoxy) is 2. The van der Waals surface area contributed by atoms with E-state index in [0.717, 1.165) is 13.8 Å². The molecule has 138 valence electrons. The van der Waals surface area contributed by atoms with Crippen molar-refractivity contribution in [3.05, 3.63) is 32.9 Å². The van der Waals surface area contributed by atoms with E-state index in [9.17, 15) is 33.8 Å². The van der Waals surface area contributed by atoms with Crippen molar-refractivity contribution in [1.29, 1.82) is 0 Å². The molecule has 25 heavy (non-hydrogen) atoms. The van der Waals surface area contributed by atoms with Crippen LogP contribution in [0, 0.1) is 5.82 Å². The third-order valence-electron chi connectivity index (χ3n) is 3.90. The highest BCUT2D eigenvalue weighted by Gasteiger charge is 2.51. The van der Waals surface area contributed by atoms with E-state index < -0.39 is 65.9 Å². The van der Waals surface area contributed by atoms with Crippen molar-refractivity contribution in [2.24, 2.45) is 0 Å². The molecule has 1 aromatic heterocycles. The Morgan fingerprint density at radius 2 is 2.08 bits per heavy atom. The predicted molar refractivity (Wildman–Crippen MR) is 78.1 cm³/mol. The van der Waals surface area contributed by atoms with Gasteiger partial charge in [-0.25, -0.2) is 4.79 Å². The smallest absolute Gasteiger partial charge is 0.331 e. The second kappa shape index (κ2) is 6.86. The summed E-state index contributed by atoms with van der Waals surface area (Å²) in [6, 6.07) is 0. The number of nitrogens with one attached hydrogen (secondary N) is 1. The minimum Gasteiger partial charge on any atom is -0.463 e. The van der Waals surface area contributed by atoms with E-state index >= 15 is 0 Å². The lowest BCUT2D eigenvalue weighted by molar-refractivity contribution is -0.250. The first-order chi connectivity index (χ1) is 11.6. The minimum atomic E-state index is -2.19. The number of nitrogens with zero attached hydrogens (tertiary/aromatic N) is 1.